The molecule has 0 fully saturated rings. The maximum Gasteiger partial charge on any atom is 0.243 e. The SMILES string of the molecule is CC(C)C[C@@H]1NC(=O)[C@@H](N)Cc2cn(nn2)CCC(C(N)=O)NC(=O)[C@H](Cc2ccc(N=C(N)N)cc2)CC(=O)CNC(=O)C(CCCN=C(N)N)NC1=O. The van der Waals surface area contributed by atoms with Gasteiger partial charge >= 0.3 is 0 Å². The summed E-state index contributed by atoms with van der Waals surface area (Å²) >= 11 is 0. The van der Waals surface area contributed by atoms with Gasteiger partial charge in [0, 0.05) is 38.0 Å². The van der Waals surface area contributed by atoms with Crippen molar-refractivity contribution in [2.75, 3.05) is 13.1 Å². The lowest BCUT2D eigenvalue weighted by atomic mass is 9.92. The van der Waals surface area contributed by atoms with Crippen molar-refractivity contribution in [3.63, 3.8) is 0 Å². The Kier molecular flexibility index (Phi) is 16.5. The molecule has 3 rings (SSSR count). The smallest absolute Gasteiger partial charge is 0.243 e. The zero-order valence-corrected chi connectivity index (χ0v) is 31.1. The van der Waals surface area contributed by atoms with E-state index in [1.807, 2.05) is 13.8 Å². The summed E-state index contributed by atoms with van der Waals surface area (Å²) in [6, 6.07) is 2.18. The summed E-state index contributed by atoms with van der Waals surface area (Å²) in [4.78, 5) is 87.8. The summed E-state index contributed by atoms with van der Waals surface area (Å²) in [5.41, 5.74) is 35.1. The first-order valence-corrected chi connectivity index (χ1v) is 17.9. The van der Waals surface area contributed by atoms with E-state index in [0.717, 1.165) is 0 Å². The van der Waals surface area contributed by atoms with Crippen LogP contribution < -0.4 is 55.7 Å². The van der Waals surface area contributed by atoms with E-state index in [1.54, 1.807) is 24.3 Å². The number of fused-ring (bicyclic) bond motifs is 2. The van der Waals surface area contributed by atoms with Gasteiger partial charge in [0.25, 0.3) is 0 Å². The predicted molar refractivity (Wildman–Crippen MR) is 202 cm³/mol. The highest BCUT2D eigenvalue weighted by Gasteiger charge is 2.31. The van der Waals surface area contributed by atoms with Crippen molar-refractivity contribution < 1.29 is 28.8 Å². The Bertz CT molecular complexity index is 1720. The van der Waals surface area contributed by atoms with E-state index < -0.39 is 71.9 Å². The highest BCUT2D eigenvalue weighted by atomic mass is 16.2. The molecule has 2 bridgehead atoms. The van der Waals surface area contributed by atoms with Crippen LogP contribution in [0.5, 0.6) is 0 Å². The summed E-state index contributed by atoms with van der Waals surface area (Å²) in [5.74, 6) is -5.23. The van der Waals surface area contributed by atoms with Crippen LogP contribution in [0.25, 0.3) is 0 Å². The molecular formula is C34H53N15O6. The van der Waals surface area contributed by atoms with Gasteiger partial charge in [-0.05, 0) is 55.7 Å². The van der Waals surface area contributed by atoms with Gasteiger partial charge in [-0.3, -0.25) is 38.4 Å². The van der Waals surface area contributed by atoms with Gasteiger partial charge in [0.2, 0.25) is 29.5 Å². The standard InChI is InChI=1S/C34H53N15O6/c1-18(2)12-27-32(55)45-26(4-3-10-41-33(37)38)31(54)42-16-23(50)14-20(13-19-5-7-21(8-6-19)43-34(39)40)29(52)44-25(28(36)51)9-11-49-17-22(47-48-49)15-24(35)30(53)46-27/h5-8,17-18,20,24-27H,3-4,9-16,35H2,1-2H3,(H2,36,51)(H,42,54)(H,44,52)(H,45,55)(H,46,53)(H4,37,38,41)(H4,39,40,43)/t20-,24+,25?,26?,27+/m1/s1. The Morgan fingerprint density at radius 2 is 1.58 bits per heavy atom. The number of nitrogens with zero attached hydrogens (tertiary/aromatic N) is 5. The second-order valence-electron chi connectivity index (χ2n) is 13.8. The summed E-state index contributed by atoms with van der Waals surface area (Å²) in [6.45, 7) is 3.50. The third kappa shape index (κ3) is 15.0. The number of aromatic nitrogens is 3. The number of hydrogen-bond donors (Lipinski definition) is 10. The number of aliphatic imine (C=N–C) groups is 2. The van der Waals surface area contributed by atoms with E-state index in [1.165, 1.54) is 10.9 Å². The van der Waals surface area contributed by atoms with Crippen LogP contribution >= 0.6 is 0 Å². The number of nitrogens with one attached hydrogen (secondary N) is 4. The second-order valence-corrected chi connectivity index (χ2v) is 13.8. The lowest BCUT2D eigenvalue weighted by molar-refractivity contribution is -0.134. The normalized spacial score (nSPS) is 22.2. The largest absolute Gasteiger partial charge is 0.370 e. The van der Waals surface area contributed by atoms with Crippen molar-refractivity contribution >= 4 is 52.9 Å². The number of carbonyl (C=O) groups is 6. The molecular weight excluding hydrogens is 714 g/mol. The summed E-state index contributed by atoms with van der Waals surface area (Å²) in [6.07, 6.45) is 1.85. The molecule has 2 unspecified atom stereocenters. The van der Waals surface area contributed by atoms with E-state index >= 15 is 0 Å². The van der Waals surface area contributed by atoms with Crippen molar-refractivity contribution in [3.8, 4) is 0 Å². The number of carbonyl (C=O) groups excluding carboxylic acids is 6. The molecule has 300 valence electrons. The molecule has 0 saturated heterocycles. The first kappa shape index (κ1) is 43.3. The van der Waals surface area contributed by atoms with Crippen LogP contribution in [0.15, 0.2) is 40.4 Å². The zero-order valence-electron chi connectivity index (χ0n) is 31.1. The maximum absolute atomic E-state index is 13.7. The van der Waals surface area contributed by atoms with Gasteiger partial charge in [0.15, 0.2) is 17.7 Å². The Morgan fingerprint density at radius 1 is 0.891 bits per heavy atom. The van der Waals surface area contributed by atoms with Crippen LogP contribution in [0, 0.1) is 11.8 Å². The summed E-state index contributed by atoms with van der Waals surface area (Å²) in [7, 11) is 0. The van der Waals surface area contributed by atoms with Crippen molar-refractivity contribution in [3.05, 3.63) is 41.7 Å². The Labute approximate surface area is 318 Å². The lowest BCUT2D eigenvalue weighted by Gasteiger charge is -2.25. The third-order valence-corrected chi connectivity index (χ3v) is 8.56. The van der Waals surface area contributed by atoms with Crippen LogP contribution in [0.4, 0.5) is 5.69 Å². The lowest BCUT2D eigenvalue weighted by Crippen LogP contribution is -2.56. The van der Waals surface area contributed by atoms with Crippen LogP contribution in [-0.2, 0) is 48.2 Å². The average Bonchev–Trinajstić information content (AvgIpc) is 3.56. The Morgan fingerprint density at radius 3 is 2.22 bits per heavy atom. The molecule has 5 atom stereocenters. The number of primary amides is 1. The van der Waals surface area contributed by atoms with Crippen molar-refractivity contribution in [2.45, 2.75) is 89.5 Å². The van der Waals surface area contributed by atoms with Crippen molar-refractivity contribution in [1.82, 2.24) is 36.3 Å². The number of guanidine groups is 2. The number of benzene rings is 1. The number of rotatable bonds is 10. The van der Waals surface area contributed by atoms with Crippen LogP contribution in [-0.4, -0.2) is 99.5 Å². The molecule has 0 aliphatic carbocycles. The summed E-state index contributed by atoms with van der Waals surface area (Å²) < 4.78 is 1.41. The molecule has 0 saturated carbocycles. The van der Waals surface area contributed by atoms with Crippen LogP contribution in [0.2, 0.25) is 0 Å². The van der Waals surface area contributed by atoms with Gasteiger partial charge in [-0.2, -0.15) is 0 Å². The molecule has 0 spiro atoms. The monoisotopic (exact) mass is 767 g/mol. The molecule has 2 heterocycles. The number of ketones is 1. The van der Waals surface area contributed by atoms with Gasteiger partial charge in [-0.25, -0.2) is 4.99 Å². The first-order chi connectivity index (χ1) is 26.0. The molecule has 5 amide bonds. The molecule has 0 radical (unpaired) electrons. The van der Waals surface area contributed by atoms with E-state index in [2.05, 4.69) is 41.6 Å². The van der Waals surface area contributed by atoms with Crippen molar-refractivity contribution in [2.24, 2.45) is 56.2 Å². The van der Waals surface area contributed by atoms with Crippen LogP contribution in [0.1, 0.15) is 57.2 Å². The minimum atomic E-state index is -1.15. The number of nitrogens with two attached hydrogens (primary N) is 6. The first-order valence-electron chi connectivity index (χ1n) is 17.9. The van der Waals surface area contributed by atoms with Crippen LogP contribution in [0.3, 0.4) is 0 Å². The van der Waals surface area contributed by atoms with Gasteiger partial charge in [-0.1, -0.05) is 31.2 Å². The highest BCUT2D eigenvalue weighted by Crippen LogP contribution is 2.19. The van der Waals surface area contributed by atoms with Gasteiger partial charge in [-0.15, -0.1) is 5.10 Å². The number of hydrogen-bond acceptors (Lipinski definition) is 11. The van der Waals surface area contributed by atoms with Gasteiger partial charge in [0.05, 0.1) is 24.0 Å². The number of amides is 5. The number of Topliss-reactive ketones (excluding diaryl/α,β-unsaturated/α-hetero) is 1. The van der Waals surface area contributed by atoms with Gasteiger partial charge < -0.3 is 55.7 Å². The fourth-order valence-electron chi connectivity index (χ4n) is 5.78. The average molecular weight is 768 g/mol. The van der Waals surface area contributed by atoms with E-state index in [-0.39, 0.29) is 75.9 Å². The molecule has 1 aliphatic heterocycles. The molecule has 55 heavy (non-hydrogen) atoms. The van der Waals surface area contributed by atoms with E-state index in [0.29, 0.717) is 16.9 Å². The molecule has 21 nitrogen and oxygen atoms in total. The molecule has 21 heteroatoms. The minimum Gasteiger partial charge on any atom is -0.370 e. The molecule has 1 aromatic heterocycles. The quantitative estimate of drug-likeness (QED) is 0.0636. The van der Waals surface area contributed by atoms with E-state index in [4.69, 9.17) is 34.4 Å². The predicted octanol–water partition coefficient (Wildman–Crippen LogP) is -3.57. The van der Waals surface area contributed by atoms with Gasteiger partial charge in [0.1, 0.15) is 18.1 Å². The fourth-order valence-corrected chi connectivity index (χ4v) is 5.78. The van der Waals surface area contributed by atoms with E-state index in [9.17, 15) is 28.8 Å². The van der Waals surface area contributed by atoms with Crippen molar-refractivity contribution in [1.29, 1.82) is 0 Å². The topological polar surface area (TPSA) is 362 Å². The number of aryl methyl sites for hydroxylation is 1. The highest BCUT2D eigenvalue weighted by molar-refractivity contribution is 5.95. The third-order valence-electron chi connectivity index (χ3n) is 8.56. The maximum atomic E-state index is 13.7. The molecule has 1 aliphatic rings. The summed E-state index contributed by atoms with van der Waals surface area (Å²) in [5, 5.41) is 18.7. The minimum absolute atomic E-state index is 0.0247. The molecule has 1 aromatic carbocycles. The Hall–Kier alpha value is -6.12. The zero-order chi connectivity index (χ0) is 40.7. The molecule has 2 aromatic rings. The second kappa shape index (κ2) is 20.9. The Balaban J connectivity index is 1.95. The molecule has 16 N–H and O–H groups in total. The fraction of sp³-hybridized carbons (Fsp3) is 0.529.